The zero-order valence-electron chi connectivity index (χ0n) is 18.6. The van der Waals surface area contributed by atoms with Gasteiger partial charge in [0.25, 0.3) is 0 Å². The third-order valence-electron chi connectivity index (χ3n) is 5.99. The fourth-order valence-corrected chi connectivity index (χ4v) is 6.11. The number of nitrogens with one attached hydrogen (secondary N) is 1. The van der Waals surface area contributed by atoms with Crippen LogP contribution in [0.25, 0.3) is 11.8 Å². The Morgan fingerprint density at radius 2 is 1.82 bits per heavy atom. The third-order valence-corrected chi connectivity index (χ3v) is 8.25. The predicted octanol–water partition coefficient (Wildman–Crippen LogP) is 5.00. The van der Waals surface area contributed by atoms with Crippen LogP contribution in [0.15, 0.2) is 59.5 Å². The van der Waals surface area contributed by atoms with Gasteiger partial charge in [-0.1, -0.05) is 18.9 Å². The molecule has 3 aromatic rings. The van der Waals surface area contributed by atoms with Crippen LogP contribution in [-0.4, -0.2) is 29.4 Å². The van der Waals surface area contributed by atoms with Crippen LogP contribution >= 0.6 is 0 Å². The van der Waals surface area contributed by atoms with E-state index in [1.807, 2.05) is 13.8 Å². The number of aryl methyl sites for hydroxylation is 1. The van der Waals surface area contributed by atoms with Crippen LogP contribution in [0.5, 0.6) is 0 Å². The van der Waals surface area contributed by atoms with E-state index >= 15 is 0 Å². The van der Waals surface area contributed by atoms with E-state index in [1.54, 1.807) is 41.1 Å². The second kappa shape index (κ2) is 9.31. The SMILES string of the molecule is Cc1nn(-c2ccc(F)cc2)c(C)c1C=CC(=O)Nc1cccc(S(=O)(=O)C2CCCC2)c1. The number of nitrogens with zero attached hydrogens (tertiary/aromatic N) is 2. The molecule has 2 aromatic carbocycles. The molecule has 0 spiro atoms. The fourth-order valence-electron chi connectivity index (χ4n) is 4.21. The molecule has 0 unspecified atom stereocenters. The monoisotopic (exact) mass is 467 g/mol. The molecule has 1 saturated carbocycles. The minimum atomic E-state index is -3.39. The molecule has 1 heterocycles. The summed E-state index contributed by atoms with van der Waals surface area (Å²) in [7, 11) is -3.39. The second-order valence-electron chi connectivity index (χ2n) is 8.27. The number of benzene rings is 2. The van der Waals surface area contributed by atoms with E-state index in [0.29, 0.717) is 18.5 Å². The molecule has 1 aliphatic carbocycles. The first-order valence-corrected chi connectivity index (χ1v) is 12.5. The van der Waals surface area contributed by atoms with Gasteiger partial charge >= 0.3 is 0 Å². The molecule has 0 atom stereocenters. The zero-order valence-corrected chi connectivity index (χ0v) is 19.4. The van der Waals surface area contributed by atoms with Crippen molar-refractivity contribution in [3.8, 4) is 5.69 Å². The lowest BCUT2D eigenvalue weighted by molar-refractivity contribution is -0.111. The molecule has 1 aromatic heterocycles. The Morgan fingerprint density at radius 3 is 2.52 bits per heavy atom. The number of hydrogen-bond donors (Lipinski definition) is 1. The van der Waals surface area contributed by atoms with Gasteiger partial charge in [-0.3, -0.25) is 4.79 Å². The molecule has 0 bridgehead atoms. The molecule has 1 fully saturated rings. The smallest absolute Gasteiger partial charge is 0.248 e. The van der Waals surface area contributed by atoms with Gasteiger partial charge in [0.05, 0.1) is 21.5 Å². The topological polar surface area (TPSA) is 81.1 Å². The Bertz CT molecular complexity index is 1310. The number of amides is 1. The summed E-state index contributed by atoms with van der Waals surface area (Å²) < 4.78 is 40.6. The van der Waals surface area contributed by atoms with Crippen molar-refractivity contribution in [1.82, 2.24) is 9.78 Å². The van der Waals surface area contributed by atoms with Gasteiger partial charge in [-0.05, 0) is 75.2 Å². The zero-order chi connectivity index (χ0) is 23.6. The van der Waals surface area contributed by atoms with Gasteiger partial charge in [0.15, 0.2) is 9.84 Å². The Balaban J connectivity index is 1.50. The lowest BCUT2D eigenvalue weighted by Gasteiger charge is -2.12. The second-order valence-corrected chi connectivity index (χ2v) is 10.5. The number of halogens is 1. The van der Waals surface area contributed by atoms with Gasteiger partial charge < -0.3 is 5.32 Å². The first-order valence-electron chi connectivity index (χ1n) is 10.9. The summed E-state index contributed by atoms with van der Waals surface area (Å²) in [5.74, 6) is -0.698. The largest absolute Gasteiger partial charge is 0.322 e. The van der Waals surface area contributed by atoms with E-state index < -0.39 is 9.84 Å². The quantitative estimate of drug-likeness (QED) is 0.518. The number of carbonyl (C=O) groups is 1. The molecule has 8 heteroatoms. The lowest BCUT2D eigenvalue weighted by atomic mass is 10.2. The normalized spacial score (nSPS) is 14.8. The molecular formula is C25H26FN3O3S. The highest BCUT2D eigenvalue weighted by Crippen LogP contribution is 2.30. The molecule has 172 valence electrons. The van der Waals surface area contributed by atoms with Crippen molar-refractivity contribution >= 4 is 27.5 Å². The Morgan fingerprint density at radius 1 is 1.12 bits per heavy atom. The van der Waals surface area contributed by atoms with Gasteiger partial charge in [0, 0.05) is 23.0 Å². The Labute approximate surface area is 193 Å². The number of anilines is 1. The molecule has 1 amide bonds. The molecule has 1 aliphatic rings. The number of rotatable bonds is 6. The summed E-state index contributed by atoms with van der Waals surface area (Å²) in [6.07, 6.45) is 6.30. The van der Waals surface area contributed by atoms with E-state index in [-0.39, 0.29) is 21.9 Å². The van der Waals surface area contributed by atoms with Crippen molar-refractivity contribution in [2.24, 2.45) is 0 Å². The first kappa shape index (κ1) is 22.9. The Kier molecular flexibility index (Phi) is 6.47. The average Bonchev–Trinajstić information content (AvgIpc) is 3.42. The molecular weight excluding hydrogens is 441 g/mol. The van der Waals surface area contributed by atoms with Crippen LogP contribution in [-0.2, 0) is 14.6 Å². The highest BCUT2D eigenvalue weighted by Gasteiger charge is 2.30. The van der Waals surface area contributed by atoms with Crippen LogP contribution in [0.4, 0.5) is 10.1 Å². The number of hydrogen-bond acceptors (Lipinski definition) is 4. The van der Waals surface area contributed by atoms with E-state index in [9.17, 15) is 17.6 Å². The number of sulfone groups is 1. The highest BCUT2D eigenvalue weighted by atomic mass is 32.2. The molecule has 4 rings (SSSR count). The third kappa shape index (κ3) is 4.90. The van der Waals surface area contributed by atoms with Crippen LogP contribution in [0.3, 0.4) is 0 Å². The number of carbonyl (C=O) groups excluding carboxylic acids is 1. The maximum Gasteiger partial charge on any atom is 0.248 e. The standard InChI is InChI=1S/C25H26FN3O3S/c1-17-24(18(2)29(28-17)21-12-10-19(26)11-13-21)14-15-25(30)27-20-6-5-9-23(16-20)33(31,32)22-7-3-4-8-22/h5-6,9-16,22H,3-4,7-8H2,1-2H3,(H,27,30). The maximum absolute atomic E-state index is 13.2. The van der Waals surface area contributed by atoms with E-state index in [0.717, 1.165) is 35.5 Å². The van der Waals surface area contributed by atoms with Gasteiger partial charge in [0.1, 0.15) is 5.82 Å². The van der Waals surface area contributed by atoms with Crippen molar-refractivity contribution in [2.45, 2.75) is 49.7 Å². The molecule has 0 radical (unpaired) electrons. The van der Waals surface area contributed by atoms with Crippen molar-refractivity contribution < 1.29 is 17.6 Å². The van der Waals surface area contributed by atoms with Gasteiger partial charge in [-0.15, -0.1) is 0 Å². The summed E-state index contributed by atoms with van der Waals surface area (Å²) in [5.41, 5.74) is 3.48. The fraction of sp³-hybridized carbons (Fsp3) is 0.280. The minimum Gasteiger partial charge on any atom is -0.322 e. The molecule has 1 N–H and O–H groups in total. The minimum absolute atomic E-state index is 0.239. The number of aromatic nitrogens is 2. The van der Waals surface area contributed by atoms with Crippen LogP contribution in [0, 0.1) is 19.7 Å². The summed E-state index contributed by atoms with van der Waals surface area (Å²) in [4.78, 5) is 12.8. The molecule has 0 aliphatic heterocycles. The predicted molar refractivity (Wildman–Crippen MR) is 127 cm³/mol. The van der Waals surface area contributed by atoms with E-state index in [1.165, 1.54) is 24.3 Å². The van der Waals surface area contributed by atoms with Crippen molar-refractivity contribution in [1.29, 1.82) is 0 Å². The summed E-state index contributed by atoms with van der Waals surface area (Å²) in [6, 6.07) is 12.4. The Hall–Kier alpha value is -3.26. The van der Waals surface area contributed by atoms with Crippen molar-refractivity contribution in [3.63, 3.8) is 0 Å². The highest BCUT2D eigenvalue weighted by molar-refractivity contribution is 7.92. The summed E-state index contributed by atoms with van der Waals surface area (Å²) in [6.45, 7) is 3.71. The van der Waals surface area contributed by atoms with Gasteiger partial charge in [-0.25, -0.2) is 17.5 Å². The van der Waals surface area contributed by atoms with Crippen LogP contribution < -0.4 is 5.32 Å². The average molecular weight is 468 g/mol. The van der Waals surface area contributed by atoms with Crippen molar-refractivity contribution in [3.05, 3.63) is 77.4 Å². The summed E-state index contributed by atoms with van der Waals surface area (Å²) in [5, 5.41) is 6.89. The van der Waals surface area contributed by atoms with Crippen LogP contribution in [0.2, 0.25) is 0 Å². The lowest BCUT2D eigenvalue weighted by Crippen LogP contribution is -2.18. The van der Waals surface area contributed by atoms with Crippen molar-refractivity contribution in [2.75, 3.05) is 5.32 Å². The maximum atomic E-state index is 13.2. The van der Waals surface area contributed by atoms with Crippen LogP contribution in [0.1, 0.15) is 42.6 Å². The first-order chi connectivity index (χ1) is 15.8. The molecule has 33 heavy (non-hydrogen) atoms. The molecule has 6 nitrogen and oxygen atoms in total. The van der Waals surface area contributed by atoms with E-state index in [2.05, 4.69) is 10.4 Å². The van der Waals surface area contributed by atoms with Gasteiger partial charge in [0.2, 0.25) is 5.91 Å². The summed E-state index contributed by atoms with van der Waals surface area (Å²) >= 11 is 0. The molecule has 0 saturated heterocycles. The van der Waals surface area contributed by atoms with Gasteiger partial charge in [-0.2, -0.15) is 5.10 Å². The van der Waals surface area contributed by atoms with E-state index in [4.69, 9.17) is 0 Å².